The summed E-state index contributed by atoms with van der Waals surface area (Å²) >= 11 is 0. The normalized spacial score (nSPS) is 17.4. The molecular weight excluding hydrogens is 200 g/mol. The Hall–Kier alpha value is -1.03. The molecule has 2 N–H and O–H groups in total. The first-order valence-electron chi connectivity index (χ1n) is 6.25. The number of hydrogen-bond donors (Lipinski definition) is 1. The van der Waals surface area contributed by atoms with E-state index >= 15 is 0 Å². The second-order valence-electron chi connectivity index (χ2n) is 4.78. The largest absolute Gasteiger partial charge is 0.382 e. The first-order chi connectivity index (χ1) is 7.75. The molecule has 1 heterocycles. The average Bonchev–Trinajstić information content (AvgIpc) is 2.89. The van der Waals surface area contributed by atoms with Crippen LogP contribution in [0.2, 0.25) is 0 Å². The molecule has 0 unspecified atom stereocenters. The van der Waals surface area contributed by atoms with E-state index in [1.54, 1.807) is 0 Å². The van der Waals surface area contributed by atoms with Gasteiger partial charge >= 0.3 is 0 Å². The number of aryl methyl sites for hydroxylation is 1. The standard InChI is InChI=1S/C12H22N4/c1-15(11-5-2-3-6-11)8-4-9-16-10-7-12(13)14-16/h7,10-11H,2-6,8-9H2,1H3,(H2,13,14). The molecule has 0 aliphatic heterocycles. The fourth-order valence-electron chi connectivity index (χ4n) is 2.51. The fourth-order valence-corrected chi connectivity index (χ4v) is 2.51. The smallest absolute Gasteiger partial charge is 0.145 e. The van der Waals surface area contributed by atoms with Crippen molar-refractivity contribution in [1.29, 1.82) is 0 Å². The van der Waals surface area contributed by atoms with Crippen molar-refractivity contribution >= 4 is 5.82 Å². The Morgan fingerprint density at radius 3 is 2.88 bits per heavy atom. The van der Waals surface area contributed by atoms with Crippen molar-refractivity contribution in [1.82, 2.24) is 14.7 Å². The first-order valence-corrected chi connectivity index (χ1v) is 6.25. The van der Waals surface area contributed by atoms with Crippen molar-refractivity contribution in [2.75, 3.05) is 19.3 Å². The predicted octanol–water partition coefficient (Wildman–Crippen LogP) is 1.73. The lowest BCUT2D eigenvalue weighted by molar-refractivity contribution is 0.237. The zero-order valence-corrected chi connectivity index (χ0v) is 10.1. The van der Waals surface area contributed by atoms with Crippen LogP contribution in [0.3, 0.4) is 0 Å². The van der Waals surface area contributed by atoms with E-state index in [0.29, 0.717) is 5.82 Å². The van der Waals surface area contributed by atoms with Crippen LogP contribution in [0.5, 0.6) is 0 Å². The summed E-state index contributed by atoms with van der Waals surface area (Å²) in [6.45, 7) is 2.12. The summed E-state index contributed by atoms with van der Waals surface area (Å²) in [6, 6.07) is 2.67. The number of nitrogens with two attached hydrogens (primary N) is 1. The van der Waals surface area contributed by atoms with Crippen molar-refractivity contribution in [2.24, 2.45) is 0 Å². The highest BCUT2D eigenvalue weighted by Crippen LogP contribution is 2.22. The number of hydrogen-bond acceptors (Lipinski definition) is 3. The summed E-state index contributed by atoms with van der Waals surface area (Å²) in [5.74, 6) is 0.615. The van der Waals surface area contributed by atoms with Gasteiger partial charge in [-0.1, -0.05) is 12.8 Å². The zero-order valence-electron chi connectivity index (χ0n) is 10.1. The lowest BCUT2D eigenvalue weighted by Gasteiger charge is -2.23. The minimum absolute atomic E-state index is 0.615. The van der Waals surface area contributed by atoms with Crippen LogP contribution in [0.1, 0.15) is 32.1 Å². The molecule has 0 radical (unpaired) electrons. The van der Waals surface area contributed by atoms with Crippen molar-refractivity contribution in [2.45, 2.75) is 44.7 Å². The van der Waals surface area contributed by atoms with Crippen LogP contribution in [0.15, 0.2) is 12.3 Å². The van der Waals surface area contributed by atoms with Crippen LogP contribution >= 0.6 is 0 Å². The highest BCUT2D eigenvalue weighted by molar-refractivity contribution is 5.23. The van der Waals surface area contributed by atoms with Gasteiger partial charge in [0.2, 0.25) is 0 Å². The molecule has 1 aliphatic carbocycles. The maximum Gasteiger partial charge on any atom is 0.145 e. The highest BCUT2D eigenvalue weighted by atomic mass is 15.3. The van der Waals surface area contributed by atoms with Crippen LogP contribution in [0, 0.1) is 0 Å². The van der Waals surface area contributed by atoms with Gasteiger partial charge in [0.1, 0.15) is 5.82 Å². The molecule has 0 aromatic carbocycles. The quantitative estimate of drug-likeness (QED) is 0.825. The van der Waals surface area contributed by atoms with Crippen LogP contribution < -0.4 is 5.73 Å². The summed E-state index contributed by atoms with van der Waals surface area (Å²) in [6.07, 6.45) is 8.67. The molecule has 16 heavy (non-hydrogen) atoms. The zero-order chi connectivity index (χ0) is 11.4. The molecular formula is C12H22N4. The van der Waals surface area contributed by atoms with Crippen molar-refractivity contribution in [3.63, 3.8) is 0 Å². The lowest BCUT2D eigenvalue weighted by atomic mass is 10.2. The molecule has 1 fully saturated rings. The summed E-state index contributed by atoms with van der Waals surface area (Å²) in [5.41, 5.74) is 5.57. The Balaban J connectivity index is 1.67. The predicted molar refractivity (Wildman–Crippen MR) is 66.1 cm³/mol. The highest BCUT2D eigenvalue weighted by Gasteiger charge is 2.18. The molecule has 90 valence electrons. The second kappa shape index (κ2) is 5.34. The van der Waals surface area contributed by atoms with Crippen LogP contribution in [-0.2, 0) is 6.54 Å². The Labute approximate surface area is 97.4 Å². The van der Waals surface area contributed by atoms with Crippen LogP contribution in [0.25, 0.3) is 0 Å². The van der Waals surface area contributed by atoms with Gasteiger partial charge in [-0.15, -0.1) is 0 Å². The molecule has 0 amide bonds. The topological polar surface area (TPSA) is 47.1 Å². The number of aromatic nitrogens is 2. The molecule has 4 nitrogen and oxygen atoms in total. The van der Waals surface area contributed by atoms with Gasteiger partial charge in [0.15, 0.2) is 0 Å². The van der Waals surface area contributed by atoms with Crippen molar-refractivity contribution in [3.8, 4) is 0 Å². The third-order valence-electron chi connectivity index (χ3n) is 3.51. The van der Waals surface area contributed by atoms with E-state index in [2.05, 4.69) is 17.0 Å². The maximum absolute atomic E-state index is 5.57. The van der Waals surface area contributed by atoms with Gasteiger partial charge in [-0.05, 0) is 38.9 Å². The molecule has 1 aliphatic rings. The van der Waals surface area contributed by atoms with Crippen LogP contribution in [-0.4, -0.2) is 34.3 Å². The van der Waals surface area contributed by atoms with Gasteiger partial charge < -0.3 is 10.6 Å². The lowest BCUT2D eigenvalue weighted by Crippen LogP contribution is -2.30. The monoisotopic (exact) mass is 222 g/mol. The summed E-state index contributed by atoms with van der Waals surface area (Å²) in [7, 11) is 2.24. The fraction of sp³-hybridized carbons (Fsp3) is 0.750. The first kappa shape index (κ1) is 11.5. The second-order valence-corrected chi connectivity index (χ2v) is 4.78. The Morgan fingerprint density at radius 2 is 2.25 bits per heavy atom. The molecule has 1 aromatic heterocycles. The number of rotatable bonds is 5. The molecule has 2 rings (SSSR count). The van der Waals surface area contributed by atoms with Crippen molar-refractivity contribution in [3.05, 3.63) is 12.3 Å². The third kappa shape index (κ3) is 2.98. The van der Waals surface area contributed by atoms with Gasteiger partial charge in [0.25, 0.3) is 0 Å². The number of nitrogen functional groups attached to an aromatic ring is 1. The molecule has 0 atom stereocenters. The minimum Gasteiger partial charge on any atom is -0.382 e. The van der Waals surface area contributed by atoms with Crippen molar-refractivity contribution < 1.29 is 0 Å². The van der Waals surface area contributed by atoms with E-state index in [1.165, 1.54) is 25.7 Å². The number of anilines is 1. The van der Waals surface area contributed by atoms with Gasteiger partial charge in [-0.3, -0.25) is 4.68 Å². The SMILES string of the molecule is CN(CCCn1ccc(N)n1)C1CCCC1. The Kier molecular flexibility index (Phi) is 3.83. The molecule has 1 aromatic rings. The summed E-state index contributed by atoms with van der Waals surface area (Å²) < 4.78 is 1.93. The van der Waals surface area contributed by atoms with E-state index in [4.69, 9.17) is 5.73 Å². The number of nitrogens with zero attached hydrogens (tertiary/aromatic N) is 3. The van der Waals surface area contributed by atoms with Gasteiger partial charge in [0.05, 0.1) is 0 Å². The molecule has 4 heteroatoms. The Bertz CT molecular complexity index is 315. The molecule has 0 bridgehead atoms. The van der Waals surface area contributed by atoms with Gasteiger partial charge in [-0.25, -0.2) is 0 Å². The minimum atomic E-state index is 0.615. The molecule has 0 saturated heterocycles. The molecule has 0 spiro atoms. The Morgan fingerprint density at radius 1 is 1.50 bits per heavy atom. The third-order valence-corrected chi connectivity index (χ3v) is 3.51. The van der Waals surface area contributed by atoms with E-state index in [1.807, 2.05) is 16.9 Å². The van der Waals surface area contributed by atoms with Crippen LogP contribution in [0.4, 0.5) is 5.82 Å². The van der Waals surface area contributed by atoms with E-state index in [9.17, 15) is 0 Å². The summed E-state index contributed by atoms with van der Waals surface area (Å²) in [4.78, 5) is 2.50. The van der Waals surface area contributed by atoms with E-state index < -0.39 is 0 Å². The molecule has 1 saturated carbocycles. The van der Waals surface area contributed by atoms with E-state index in [-0.39, 0.29) is 0 Å². The maximum atomic E-state index is 5.57. The van der Waals surface area contributed by atoms with E-state index in [0.717, 1.165) is 25.6 Å². The summed E-state index contributed by atoms with van der Waals surface area (Å²) in [5, 5.41) is 4.18. The van der Waals surface area contributed by atoms with Gasteiger partial charge in [-0.2, -0.15) is 5.10 Å². The van der Waals surface area contributed by atoms with Gasteiger partial charge in [0, 0.05) is 18.8 Å². The average molecular weight is 222 g/mol.